The zero-order chi connectivity index (χ0) is 27.1. The number of ether oxygens (including phenoxy) is 1. The SMILES string of the molecule is CC(C)OCCCNC(=O)c1c(O)c2ncc(Cc3ccc(F)cc3)cc2n(CCN(C)C(=O)O)c1=O. The zero-order valence-corrected chi connectivity index (χ0v) is 21.0. The summed E-state index contributed by atoms with van der Waals surface area (Å²) in [5.74, 6) is -1.67. The fourth-order valence-corrected chi connectivity index (χ4v) is 3.74. The number of aromatic nitrogens is 2. The lowest BCUT2D eigenvalue weighted by Gasteiger charge is -2.18. The van der Waals surface area contributed by atoms with E-state index in [-0.39, 0.29) is 42.6 Å². The summed E-state index contributed by atoms with van der Waals surface area (Å²) in [7, 11) is 1.36. The van der Waals surface area contributed by atoms with E-state index in [4.69, 9.17) is 4.74 Å². The molecule has 0 spiro atoms. The Balaban J connectivity index is 1.98. The van der Waals surface area contributed by atoms with Crippen LogP contribution in [-0.2, 0) is 17.7 Å². The second-order valence-electron chi connectivity index (χ2n) is 8.93. The monoisotopic (exact) mass is 514 g/mol. The molecule has 3 aromatic rings. The highest BCUT2D eigenvalue weighted by atomic mass is 19.1. The van der Waals surface area contributed by atoms with Crippen LogP contribution < -0.4 is 10.9 Å². The van der Waals surface area contributed by atoms with Crippen LogP contribution in [0.1, 0.15) is 41.8 Å². The van der Waals surface area contributed by atoms with Gasteiger partial charge in [-0.05, 0) is 56.0 Å². The molecule has 0 atom stereocenters. The van der Waals surface area contributed by atoms with Crippen LogP contribution in [0.4, 0.5) is 9.18 Å². The van der Waals surface area contributed by atoms with Gasteiger partial charge in [-0.25, -0.2) is 9.18 Å². The molecule has 0 saturated carbocycles. The van der Waals surface area contributed by atoms with Crippen molar-refractivity contribution < 1.29 is 28.9 Å². The van der Waals surface area contributed by atoms with Crippen LogP contribution in [0.25, 0.3) is 11.0 Å². The molecule has 3 N–H and O–H groups in total. The van der Waals surface area contributed by atoms with E-state index in [1.54, 1.807) is 18.2 Å². The van der Waals surface area contributed by atoms with E-state index >= 15 is 0 Å². The minimum Gasteiger partial charge on any atom is -0.505 e. The van der Waals surface area contributed by atoms with Crippen LogP contribution in [0.2, 0.25) is 0 Å². The number of carbonyl (C=O) groups is 2. The number of nitrogens with one attached hydrogen (secondary N) is 1. The third-order valence-electron chi connectivity index (χ3n) is 5.73. The van der Waals surface area contributed by atoms with E-state index < -0.39 is 28.9 Å². The topological polar surface area (TPSA) is 134 Å². The van der Waals surface area contributed by atoms with Gasteiger partial charge in [0.15, 0.2) is 5.75 Å². The normalized spacial score (nSPS) is 11.2. The summed E-state index contributed by atoms with van der Waals surface area (Å²) in [6, 6.07) is 7.59. The van der Waals surface area contributed by atoms with Gasteiger partial charge in [-0.3, -0.25) is 14.6 Å². The summed E-state index contributed by atoms with van der Waals surface area (Å²) in [5.41, 5.74) is 0.551. The summed E-state index contributed by atoms with van der Waals surface area (Å²) in [4.78, 5) is 42.9. The van der Waals surface area contributed by atoms with Gasteiger partial charge in [-0.2, -0.15) is 0 Å². The van der Waals surface area contributed by atoms with E-state index in [9.17, 15) is 29.0 Å². The maximum absolute atomic E-state index is 13.4. The number of carbonyl (C=O) groups excluding carboxylic acids is 1. The number of rotatable bonds is 11. The van der Waals surface area contributed by atoms with Gasteiger partial charge >= 0.3 is 6.09 Å². The number of fused-ring (bicyclic) bond motifs is 1. The minimum absolute atomic E-state index is 0.0359. The minimum atomic E-state index is -1.17. The number of benzene rings is 1. The van der Waals surface area contributed by atoms with Crippen LogP contribution in [0.3, 0.4) is 0 Å². The van der Waals surface area contributed by atoms with Crippen molar-refractivity contribution in [3.05, 3.63) is 69.4 Å². The summed E-state index contributed by atoms with van der Waals surface area (Å²) >= 11 is 0. The van der Waals surface area contributed by atoms with Gasteiger partial charge in [0.1, 0.15) is 16.9 Å². The van der Waals surface area contributed by atoms with Crippen LogP contribution in [0, 0.1) is 5.82 Å². The molecule has 2 aromatic heterocycles. The molecule has 10 nitrogen and oxygen atoms in total. The molecule has 198 valence electrons. The average molecular weight is 515 g/mol. The van der Waals surface area contributed by atoms with E-state index in [1.807, 2.05) is 13.8 Å². The van der Waals surface area contributed by atoms with E-state index in [0.29, 0.717) is 25.0 Å². The van der Waals surface area contributed by atoms with Crippen molar-refractivity contribution in [1.82, 2.24) is 19.8 Å². The Morgan fingerprint density at radius 3 is 2.57 bits per heavy atom. The Labute approximate surface area is 213 Å². The molecule has 0 aliphatic carbocycles. The molecule has 0 unspecified atom stereocenters. The summed E-state index contributed by atoms with van der Waals surface area (Å²) in [6.07, 6.45) is 1.28. The van der Waals surface area contributed by atoms with Crippen molar-refractivity contribution in [2.24, 2.45) is 0 Å². The lowest BCUT2D eigenvalue weighted by molar-refractivity contribution is 0.0756. The van der Waals surface area contributed by atoms with Crippen molar-refractivity contribution in [1.29, 1.82) is 0 Å². The molecule has 0 fully saturated rings. The number of aromatic hydroxyl groups is 1. The second-order valence-corrected chi connectivity index (χ2v) is 8.93. The zero-order valence-electron chi connectivity index (χ0n) is 21.0. The molecular formula is C26H31FN4O6. The Bertz CT molecular complexity index is 1320. The van der Waals surface area contributed by atoms with Gasteiger partial charge in [0, 0.05) is 39.5 Å². The molecule has 0 bridgehead atoms. The van der Waals surface area contributed by atoms with Crippen molar-refractivity contribution >= 4 is 23.0 Å². The third-order valence-corrected chi connectivity index (χ3v) is 5.73. The van der Waals surface area contributed by atoms with E-state index in [0.717, 1.165) is 10.5 Å². The van der Waals surface area contributed by atoms with Crippen molar-refractivity contribution in [3.63, 3.8) is 0 Å². The predicted molar refractivity (Wildman–Crippen MR) is 136 cm³/mol. The number of hydrogen-bond donors (Lipinski definition) is 3. The summed E-state index contributed by atoms with van der Waals surface area (Å²) < 4.78 is 20.0. The van der Waals surface area contributed by atoms with Gasteiger partial charge in [0.05, 0.1) is 11.6 Å². The van der Waals surface area contributed by atoms with Gasteiger partial charge in [0.2, 0.25) is 0 Å². The second kappa shape index (κ2) is 12.3. The standard InChI is InChI=1S/C26H31FN4O6/c1-16(2)37-12-4-9-28-24(33)21-23(32)22-20(31(25(21)34)11-10-30(3)26(35)36)14-18(15-29-22)13-17-5-7-19(27)8-6-17/h5-8,14-16,32H,4,9-13H2,1-3H3,(H,28,33)(H,35,36). The Kier molecular flexibility index (Phi) is 9.18. The highest BCUT2D eigenvalue weighted by Crippen LogP contribution is 2.26. The van der Waals surface area contributed by atoms with Crippen LogP contribution in [0.15, 0.2) is 41.3 Å². The highest BCUT2D eigenvalue weighted by Gasteiger charge is 2.23. The smallest absolute Gasteiger partial charge is 0.407 e. The van der Waals surface area contributed by atoms with Crippen LogP contribution >= 0.6 is 0 Å². The first kappa shape index (κ1) is 27.6. The molecule has 0 aliphatic rings. The van der Waals surface area contributed by atoms with E-state index in [1.165, 1.54) is 29.9 Å². The first-order chi connectivity index (χ1) is 17.6. The highest BCUT2D eigenvalue weighted by molar-refractivity contribution is 6.01. The van der Waals surface area contributed by atoms with Crippen molar-refractivity contribution in [2.45, 2.75) is 39.3 Å². The first-order valence-corrected chi connectivity index (χ1v) is 11.9. The molecule has 2 heterocycles. The van der Waals surface area contributed by atoms with Gasteiger partial charge in [0.25, 0.3) is 11.5 Å². The number of carboxylic acid groups (broad SMARTS) is 1. The molecule has 1 aromatic carbocycles. The molecule has 2 amide bonds. The average Bonchev–Trinajstić information content (AvgIpc) is 2.84. The fraction of sp³-hybridized carbons (Fsp3) is 0.385. The number of likely N-dealkylation sites (N-methyl/N-ethyl adjacent to an activating group) is 1. The van der Waals surface area contributed by atoms with Crippen LogP contribution in [-0.4, -0.2) is 69.5 Å². The molecule has 11 heteroatoms. The van der Waals surface area contributed by atoms with Crippen molar-refractivity contribution in [3.8, 4) is 5.75 Å². The van der Waals surface area contributed by atoms with Gasteiger partial charge in [-0.15, -0.1) is 0 Å². The molecule has 37 heavy (non-hydrogen) atoms. The van der Waals surface area contributed by atoms with E-state index in [2.05, 4.69) is 10.3 Å². The Morgan fingerprint density at radius 2 is 1.92 bits per heavy atom. The first-order valence-electron chi connectivity index (χ1n) is 11.9. The largest absolute Gasteiger partial charge is 0.505 e. The summed E-state index contributed by atoms with van der Waals surface area (Å²) in [6.45, 7) is 4.34. The van der Waals surface area contributed by atoms with Crippen molar-refractivity contribution in [2.75, 3.05) is 26.7 Å². The number of hydrogen-bond acceptors (Lipinski definition) is 6. The van der Waals surface area contributed by atoms with Gasteiger partial charge in [-0.1, -0.05) is 12.1 Å². The lowest BCUT2D eigenvalue weighted by atomic mass is 10.1. The maximum atomic E-state index is 13.4. The molecule has 3 rings (SSSR count). The number of pyridine rings is 2. The number of amides is 2. The molecule has 0 saturated heterocycles. The third kappa shape index (κ3) is 7.04. The Morgan fingerprint density at radius 1 is 1.22 bits per heavy atom. The Hall–Kier alpha value is -3.99. The lowest BCUT2D eigenvalue weighted by Crippen LogP contribution is -2.37. The number of halogens is 1. The predicted octanol–water partition coefficient (Wildman–Crippen LogP) is 2.99. The van der Waals surface area contributed by atoms with Gasteiger partial charge < -0.3 is 29.7 Å². The van der Waals surface area contributed by atoms with Crippen LogP contribution in [0.5, 0.6) is 5.75 Å². The molecule has 0 radical (unpaired) electrons. The quantitative estimate of drug-likeness (QED) is 0.335. The summed E-state index contributed by atoms with van der Waals surface area (Å²) in [5, 5.41) is 22.7. The molecule has 0 aliphatic heterocycles. The fourth-order valence-electron chi connectivity index (χ4n) is 3.74. The number of nitrogens with zero attached hydrogens (tertiary/aromatic N) is 3. The maximum Gasteiger partial charge on any atom is 0.407 e. The molecular weight excluding hydrogens is 483 g/mol.